The first kappa shape index (κ1) is 13.1. The number of nitrogens with two attached hydrogens (primary N) is 1. The molecule has 7 heteroatoms. The Morgan fingerprint density at radius 2 is 2.29 bits per heavy atom. The average molecular weight is 240 g/mol. The van der Waals surface area contributed by atoms with Crippen LogP contribution in [-0.2, 0) is 4.74 Å². The molecule has 0 saturated carbocycles. The van der Waals surface area contributed by atoms with E-state index in [4.69, 9.17) is 10.8 Å². The average Bonchev–Trinajstić information content (AvgIpc) is 2.35. The molecule has 0 fully saturated rings. The van der Waals surface area contributed by atoms with Crippen LogP contribution in [-0.4, -0.2) is 29.7 Å². The van der Waals surface area contributed by atoms with Gasteiger partial charge in [-0.3, -0.25) is 10.1 Å². The molecule has 0 saturated heterocycles. The maximum atomic E-state index is 11.4. The lowest BCUT2D eigenvalue weighted by atomic mass is 9.99. The number of esters is 1. The number of hydrogen-bond acceptors (Lipinski definition) is 6. The molecule has 7 nitrogen and oxygen atoms in total. The third-order valence-electron chi connectivity index (χ3n) is 2.25. The number of nitro benzene ring substituents is 1. The number of carbonyl (C=O) groups excluding carboxylic acids is 1. The summed E-state index contributed by atoms with van der Waals surface area (Å²) in [6.07, 6.45) is 0. The Kier molecular flexibility index (Phi) is 4.13. The van der Waals surface area contributed by atoms with Crippen LogP contribution in [0.3, 0.4) is 0 Å². The molecule has 0 aliphatic heterocycles. The van der Waals surface area contributed by atoms with Crippen LogP contribution < -0.4 is 5.73 Å². The van der Waals surface area contributed by atoms with Gasteiger partial charge in [0.05, 0.1) is 35.8 Å². The number of nitro groups is 1. The number of nitrogens with zero attached hydrogens (tertiary/aromatic N) is 1. The van der Waals surface area contributed by atoms with Gasteiger partial charge in [-0.25, -0.2) is 4.79 Å². The van der Waals surface area contributed by atoms with Gasteiger partial charge in [0.15, 0.2) is 0 Å². The van der Waals surface area contributed by atoms with Gasteiger partial charge in [0.2, 0.25) is 0 Å². The molecule has 0 bridgehead atoms. The second-order valence-corrected chi connectivity index (χ2v) is 3.28. The smallest absolute Gasteiger partial charge is 0.338 e. The second-order valence-electron chi connectivity index (χ2n) is 3.28. The van der Waals surface area contributed by atoms with Gasteiger partial charge in [-0.1, -0.05) is 6.07 Å². The Hall–Kier alpha value is -1.99. The Labute approximate surface area is 97.0 Å². The summed E-state index contributed by atoms with van der Waals surface area (Å²) in [5, 5.41) is 19.8. The van der Waals surface area contributed by atoms with Crippen molar-refractivity contribution in [2.24, 2.45) is 5.73 Å². The number of ether oxygens (including phenoxy) is 1. The van der Waals surface area contributed by atoms with Gasteiger partial charge in [0, 0.05) is 6.07 Å². The molecule has 1 atom stereocenters. The van der Waals surface area contributed by atoms with Gasteiger partial charge in [-0.2, -0.15) is 0 Å². The second kappa shape index (κ2) is 5.37. The van der Waals surface area contributed by atoms with Crippen molar-refractivity contribution in [3.8, 4) is 0 Å². The number of hydrogen-bond donors (Lipinski definition) is 2. The van der Waals surface area contributed by atoms with Crippen molar-refractivity contribution in [1.29, 1.82) is 0 Å². The molecule has 0 aromatic heterocycles. The lowest BCUT2D eigenvalue weighted by molar-refractivity contribution is -0.385. The lowest BCUT2D eigenvalue weighted by Gasteiger charge is -2.13. The minimum Gasteiger partial charge on any atom is -0.465 e. The van der Waals surface area contributed by atoms with E-state index < -0.39 is 23.5 Å². The van der Waals surface area contributed by atoms with E-state index in [0.29, 0.717) is 0 Å². The highest BCUT2D eigenvalue weighted by Gasteiger charge is 2.26. The zero-order chi connectivity index (χ0) is 13.0. The summed E-state index contributed by atoms with van der Waals surface area (Å²) in [5.74, 6) is -0.729. The van der Waals surface area contributed by atoms with Gasteiger partial charge in [-0.05, 0) is 6.07 Å². The van der Waals surface area contributed by atoms with Crippen molar-refractivity contribution in [2.75, 3.05) is 13.7 Å². The van der Waals surface area contributed by atoms with Crippen LogP contribution in [0, 0.1) is 10.1 Å². The molecule has 1 rings (SSSR count). The Balaban J connectivity index is 3.44. The van der Waals surface area contributed by atoms with E-state index in [-0.39, 0.29) is 16.8 Å². The quantitative estimate of drug-likeness (QED) is 0.446. The highest BCUT2D eigenvalue weighted by atomic mass is 16.6. The molecular weight excluding hydrogens is 228 g/mol. The van der Waals surface area contributed by atoms with Crippen LogP contribution in [0.2, 0.25) is 0 Å². The highest BCUT2D eigenvalue weighted by Crippen LogP contribution is 2.27. The molecule has 0 radical (unpaired) electrons. The van der Waals surface area contributed by atoms with E-state index in [2.05, 4.69) is 4.74 Å². The van der Waals surface area contributed by atoms with Gasteiger partial charge in [0.25, 0.3) is 5.69 Å². The molecule has 0 aliphatic carbocycles. The first-order valence-electron chi connectivity index (χ1n) is 4.75. The maximum absolute atomic E-state index is 11.4. The maximum Gasteiger partial charge on any atom is 0.338 e. The van der Waals surface area contributed by atoms with E-state index in [0.717, 1.165) is 7.11 Å². The minimum absolute atomic E-state index is 0.0109. The van der Waals surface area contributed by atoms with Crippen LogP contribution in [0.5, 0.6) is 0 Å². The number of methoxy groups -OCH3 is 1. The molecule has 0 aliphatic rings. The van der Waals surface area contributed by atoms with Gasteiger partial charge >= 0.3 is 5.97 Å². The first-order valence-corrected chi connectivity index (χ1v) is 4.75. The summed E-state index contributed by atoms with van der Waals surface area (Å²) in [6, 6.07) is 2.93. The molecule has 1 aromatic carbocycles. The molecule has 17 heavy (non-hydrogen) atoms. The number of aliphatic hydroxyl groups excluding tert-OH is 1. The van der Waals surface area contributed by atoms with Crippen LogP contribution in [0.25, 0.3) is 0 Å². The summed E-state index contributed by atoms with van der Waals surface area (Å²) in [6.45, 7) is -0.505. The topological polar surface area (TPSA) is 116 Å². The van der Waals surface area contributed by atoms with Crippen molar-refractivity contribution in [1.82, 2.24) is 0 Å². The summed E-state index contributed by atoms with van der Waals surface area (Å²) >= 11 is 0. The zero-order valence-electron chi connectivity index (χ0n) is 9.12. The van der Waals surface area contributed by atoms with Crippen molar-refractivity contribution in [3.63, 3.8) is 0 Å². The van der Waals surface area contributed by atoms with Gasteiger partial charge in [0.1, 0.15) is 0 Å². The van der Waals surface area contributed by atoms with E-state index in [1.54, 1.807) is 0 Å². The van der Waals surface area contributed by atoms with Crippen LogP contribution in [0.4, 0.5) is 5.69 Å². The molecule has 3 N–H and O–H groups in total. The fourth-order valence-electron chi connectivity index (χ4n) is 1.48. The van der Waals surface area contributed by atoms with E-state index in [9.17, 15) is 14.9 Å². The molecule has 1 aromatic rings. The van der Waals surface area contributed by atoms with E-state index >= 15 is 0 Å². The normalized spacial score (nSPS) is 11.9. The van der Waals surface area contributed by atoms with Crippen molar-refractivity contribution in [2.45, 2.75) is 6.04 Å². The Morgan fingerprint density at radius 3 is 2.76 bits per heavy atom. The monoisotopic (exact) mass is 240 g/mol. The van der Waals surface area contributed by atoms with E-state index in [1.807, 2.05) is 0 Å². The fourth-order valence-corrected chi connectivity index (χ4v) is 1.48. The Bertz CT molecular complexity index is 446. The molecule has 92 valence electrons. The third-order valence-corrected chi connectivity index (χ3v) is 2.25. The standard InChI is InChI=1S/C10H12N2O5/c1-17-10(14)6-3-2-4-8(12(15)16)9(6)7(11)5-13/h2-4,7,13H,5,11H2,1H3. The predicted octanol–water partition coefficient (Wildman–Crippen LogP) is 0.373. The predicted molar refractivity (Wildman–Crippen MR) is 58.5 cm³/mol. The number of rotatable bonds is 4. The van der Waals surface area contributed by atoms with Gasteiger partial charge in [-0.15, -0.1) is 0 Å². The van der Waals surface area contributed by atoms with Crippen molar-refractivity contribution < 1.29 is 19.6 Å². The summed E-state index contributed by atoms with van der Waals surface area (Å²) < 4.78 is 4.51. The SMILES string of the molecule is COC(=O)c1cccc([N+](=O)[O-])c1C(N)CO. The summed E-state index contributed by atoms with van der Waals surface area (Å²) in [7, 11) is 1.16. The first-order chi connectivity index (χ1) is 8.02. The largest absolute Gasteiger partial charge is 0.465 e. The lowest BCUT2D eigenvalue weighted by Crippen LogP contribution is -2.20. The molecule has 1 unspecified atom stereocenters. The molecule has 0 heterocycles. The summed E-state index contributed by atoms with van der Waals surface area (Å²) in [5.41, 5.74) is 5.22. The highest BCUT2D eigenvalue weighted by molar-refractivity contribution is 5.92. The van der Waals surface area contributed by atoms with Crippen LogP contribution in [0.1, 0.15) is 22.0 Å². The van der Waals surface area contributed by atoms with Crippen molar-refractivity contribution >= 4 is 11.7 Å². The number of benzene rings is 1. The molecular formula is C10H12N2O5. The zero-order valence-corrected chi connectivity index (χ0v) is 9.12. The number of carbonyl (C=O) groups is 1. The molecule has 0 spiro atoms. The summed E-state index contributed by atoms with van der Waals surface area (Å²) in [4.78, 5) is 21.6. The van der Waals surface area contributed by atoms with Crippen LogP contribution in [0.15, 0.2) is 18.2 Å². The minimum atomic E-state index is -1.01. The molecule has 0 amide bonds. The van der Waals surface area contributed by atoms with Gasteiger partial charge < -0.3 is 15.6 Å². The third kappa shape index (κ3) is 2.58. The van der Waals surface area contributed by atoms with Crippen LogP contribution >= 0.6 is 0 Å². The van der Waals surface area contributed by atoms with Crippen molar-refractivity contribution in [3.05, 3.63) is 39.4 Å². The fraction of sp³-hybridized carbons (Fsp3) is 0.300. The van der Waals surface area contributed by atoms with E-state index in [1.165, 1.54) is 18.2 Å². The number of aliphatic hydroxyl groups is 1. The Morgan fingerprint density at radius 1 is 1.65 bits per heavy atom.